The second kappa shape index (κ2) is 3.38. The third kappa shape index (κ3) is 1.60. The topological polar surface area (TPSA) is 67.5 Å². The minimum Gasteiger partial charge on any atom is -0.481 e. The summed E-state index contributed by atoms with van der Waals surface area (Å²) in [7, 11) is 0. The minimum absolute atomic E-state index is 0.122. The molecule has 6 heteroatoms. The van der Waals surface area contributed by atoms with Gasteiger partial charge in [0.15, 0.2) is 5.65 Å². The van der Waals surface area contributed by atoms with Crippen molar-refractivity contribution in [3.05, 3.63) is 28.6 Å². The zero-order valence-electron chi connectivity index (χ0n) is 7.01. The van der Waals surface area contributed by atoms with E-state index in [-0.39, 0.29) is 6.42 Å². The third-order valence-corrected chi connectivity index (χ3v) is 2.25. The molecule has 0 aromatic carbocycles. The highest BCUT2D eigenvalue weighted by Gasteiger charge is 2.08. The smallest absolute Gasteiger partial charge is 0.311 e. The molecule has 0 aliphatic heterocycles. The number of hydrogen-bond acceptors (Lipinski definition) is 3. The van der Waals surface area contributed by atoms with Crippen LogP contribution >= 0.6 is 15.9 Å². The molecule has 14 heavy (non-hydrogen) atoms. The molecule has 2 aromatic heterocycles. The lowest BCUT2D eigenvalue weighted by Gasteiger charge is -1.96. The van der Waals surface area contributed by atoms with Gasteiger partial charge in [-0.25, -0.2) is 0 Å². The van der Waals surface area contributed by atoms with Crippen molar-refractivity contribution in [2.45, 2.75) is 6.42 Å². The summed E-state index contributed by atoms with van der Waals surface area (Å²) in [4.78, 5) is 10.5. The van der Waals surface area contributed by atoms with Crippen molar-refractivity contribution in [1.82, 2.24) is 14.6 Å². The first-order chi connectivity index (χ1) is 6.66. The molecule has 0 saturated heterocycles. The first-order valence-electron chi connectivity index (χ1n) is 3.88. The van der Waals surface area contributed by atoms with E-state index >= 15 is 0 Å². The first-order valence-corrected chi connectivity index (χ1v) is 4.67. The molecule has 72 valence electrons. The molecule has 0 unspecified atom stereocenters. The van der Waals surface area contributed by atoms with Gasteiger partial charge in [-0.2, -0.15) is 0 Å². The van der Waals surface area contributed by atoms with Gasteiger partial charge in [-0.15, -0.1) is 10.2 Å². The Kier molecular flexibility index (Phi) is 2.20. The molecule has 0 atom stereocenters. The molecular formula is C8H6BrN3O2. The number of pyridine rings is 1. The van der Waals surface area contributed by atoms with Crippen LogP contribution in [-0.2, 0) is 11.2 Å². The lowest BCUT2D eigenvalue weighted by Crippen LogP contribution is -2.04. The molecule has 0 aliphatic rings. The zero-order chi connectivity index (χ0) is 10.1. The molecule has 0 bridgehead atoms. The van der Waals surface area contributed by atoms with Crippen LogP contribution < -0.4 is 0 Å². The van der Waals surface area contributed by atoms with Crippen molar-refractivity contribution in [2.24, 2.45) is 0 Å². The summed E-state index contributed by atoms with van der Waals surface area (Å²) < 4.78 is 2.54. The molecule has 1 N–H and O–H groups in total. The fourth-order valence-corrected chi connectivity index (χ4v) is 1.49. The van der Waals surface area contributed by atoms with Crippen molar-refractivity contribution in [2.75, 3.05) is 0 Å². The summed E-state index contributed by atoms with van der Waals surface area (Å²) in [5, 5.41) is 16.2. The predicted octanol–water partition coefficient (Wildman–Crippen LogP) is 1.12. The highest BCUT2D eigenvalue weighted by atomic mass is 79.9. The lowest BCUT2D eigenvalue weighted by molar-refractivity contribution is -0.136. The standard InChI is InChI=1S/C8H6BrN3O2/c9-5-1-2-12-6(3-5)10-11-7(12)4-8(13)14/h1-3H,4H2,(H,13,14). The molecule has 0 radical (unpaired) electrons. The van der Waals surface area contributed by atoms with E-state index in [1.807, 2.05) is 6.07 Å². The molecule has 0 fully saturated rings. The van der Waals surface area contributed by atoms with Crippen molar-refractivity contribution in [1.29, 1.82) is 0 Å². The van der Waals surface area contributed by atoms with Crippen molar-refractivity contribution in [3.8, 4) is 0 Å². The molecule has 2 heterocycles. The highest BCUT2D eigenvalue weighted by Crippen LogP contribution is 2.12. The van der Waals surface area contributed by atoms with Gasteiger partial charge in [-0.3, -0.25) is 9.20 Å². The average Bonchev–Trinajstić information content (AvgIpc) is 2.47. The van der Waals surface area contributed by atoms with Gasteiger partial charge >= 0.3 is 5.97 Å². The number of carboxylic acids is 1. The van der Waals surface area contributed by atoms with Crippen LogP contribution in [0.5, 0.6) is 0 Å². The molecule has 2 rings (SSSR count). The van der Waals surface area contributed by atoms with E-state index in [1.54, 1.807) is 16.7 Å². The Morgan fingerprint density at radius 1 is 1.57 bits per heavy atom. The van der Waals surface area contributed by atoms with Crippen LogP contribution in [0.3, 0.4) is 0 Å². The summed E-state index contributed by atoms with van der Waals surface area (Å²) in [5.41, 5.74) is 0.635. The number of fused-ring (bicyclic) bond motifs is 1. The zero-order valence-corrected chi connectivity index (χ0v) is 8.60. The first kappa shape index (κ1) is 9.14. The molecule has 5 nitrogen and oxygen atoms in total. The maximum absolute atomic E-state index is 10.5. The number of hydrogen-bond donors (Lipinski definition) is 1. The summed E-state index contributed by atoms with van der Waals surface area (Å²) in [5.74, 6) is -0.484. The van der Waals surface area contributed by atoms with Crippen LogP contribution in [0, 0.1) is 0 Å². The van der Waals surface area contributed by atoms with Crippen molar-refractivity contribution in [3.63, 3.8) is 0 Å². The molecule has 0 aliphatic carbocycles. The maximum atomic E-state index is 10.5. The number of rotatable bonds is 2. The van der Waals surface area contributed by atoms with E-state index in [9.17, 15) is 4.79 Å². The van der Waals surface area contributed by atoms with Crippen molar-refractivity contribution < 1.29 is 9.90 Å². The maximum Gasteiger partial charge on any atom is 0.311 e. The molecular weight excluding hydrogens is 250 g/mol. The Morgan fingerprint density at radius 2 is 2.36 bits per heavy atom. The highest BCUT2D eigenvalue weighted by molar-refractivity contribution is 9.10. The third-order valence-electron chi connectivity index (χ3n) is 1.75. The van der Waals surface area contributed by atoms with E-state index in [0.717, 1.165) is 4.47 Å². The Bertz CT molecular complexity index is 494. The monoisotopic (exact) mass is 255 g/mol. The second-order valence-electron chi connectivity index (χ2n) is 2.76. The van der Waals surface area contributed by atoms with Crippen LogP contribution in [0.25, 0.3) is 5.65 Å². The summed E-state index contributed by atoms with van der Waals surface area (Å²) >= 11 is 3.30. The Balaban J connectivity index is 2.52. The summed E-state index contributed by atoms with van der Waals surface area (Å²) in [6.07, 6.45) is 1.61. The van der Waals surface area contributed by atoms with Crippen LogP contribution in [0.15, 0.2) is 22.8 Å². The summed E-state index contributed by atoms with van der Waals surface area (Å²) in [6, 6.07) is 3.58. The normalized spacial score (nSPS) is 10.6. The number of aromatic nitrogens is 3. The van der Waals surface area contributed by atoms with E-state index in [1.165, 1.54) is 0 Å². The summed E-state index contributed by atoms with van der Waals surface area (Å²) in [6.45, 7) is 0. The number of aliphatic carboxylic acids is 1. The number of halogens is 1. The SMILES string of the molecule is O=C(O)Cc1nnc2cc(Br)ccn12. The Morgan fingerprint density at radius 3 is 3.07 bits per heavy atom. The Labute approximate surface area is 87.5 Å². The quantitative estimate of drug-likeness (QED) is 0.874. The molecule has 0 amide bonds. The largest absolute Gasteiger partial charge is 0.481 e. The Hall–Kier alpha value is -1.43. The van der Waals surface area contributed by atoms with Gasteiger partial charge in [0, 0.05) is 10.7 Å². The minimum atomic E-state index is -0.915. The van der Waals surface area contributed by atoms with Gasteiger partial charge < -0.3 is 5.11 Å². The molecule has 0 saturated carbocycles. The number of carbonyl (C=O) groups is 1. The van der Waals surface area contributed by atoms with E-state index in [0.29, 0.717) is 11.5 Å². The fourth-order valence-electron chi connectivity index (χ4n) is 1.17. The van der Waals surface area contributed by atoms with Crippen molar-refractivity contribution >= 4 is 27.5 Å². The molecule has 2 aromatic rings. The van der Waals surface area contributed by atoms with Crippen LogP contribution in [0.1, 0.15) is 5.82 Å². The van der Waals surface area contributed by atoms with Crippen LogP contribution in [0.2, 0.25) is 0 Å². The van der Waals surface area contributed by atoms with Crippen LogP contribution in [-0.4, -0.2) is 25.7 Å². The van der Waals surface area contributed by atoms with Gasteiger partial charge in [0.25, 0.3) is 0 Å². The fraction of sp³-hybridized carbons (Fsp3) is 0.125. The lowest BCUT2D eigenvalue weighted by atomic mass is 10.4. The van der Waals surface area contributed by atoms with Gasteiger partial charge in [-0.1, -0.05) is 15.9 Å². The van der Waals surface area contributed by atoms with Gasteiger partial charge in [0.05, 0.1) is 0 Å². The van der Waals surface area contributed by atoms with Gasteiger partial charge in [0.2, 0.25) is 0 Å². The molecule has 0 spiro atoms. The van der Waals surface area contributed by atoms with E-state index < -0.39 is 5.97 Å². The second-order valence-corrected chi connectivity index (χ2v) is 3.68. The van der Waals surface area contributed by atoms with Crippen LogP contribution in [0.4, 0.5) is 0 Å². The number of nitrogens with zero attached hydrogens (tertiary/aromatic N) is 3. The predicted molar refractivity (Wildman–Crippen MR) is 52.0 cm³/mol. The number of carboxylic acid groups (broad SMARTS) is 1. The van der Waals surface area contributed by atoms with E-state index in [4.69, 9.17) is 5.11 Å². The van der Waals surface area contributed by atoms with Gasteiger partial charge in [0.1, 0.15) is 12.2 Å². The van der Waals surface area contributed by atoms with E-state index in [2.05, 4.69) is 26.1 Å². The van der Waals surface area contributed by atoms with Gasteiger partial charge in [-0.05, 0) is 12.1 Å². The average molecular weight is 256 g/mol.